The number of aryl methyl sites for hydroxylation is 1. The molecule has 1 aromatic carbocycles. The van der Waals surface area contributed by atoms with Crippen molar-refractivity contribution in [2.24, 2.45) is 4.99 Å². The molecule has 2 N–H and O–H groups in total. The van der Waals surface area contributed by atoms with Crippen molar-refractivity contribution in [3.8, 4) is 0 Å². The maximum absolute atomic E-state index is 4.42. The fraction of sp³-hybridized carbons (Fsp3) is 0.524. The van der Waals surface area contributed by atoms with Crippen molar-refractivity contribution >= 4 is 17.3 Å². The minimum Gasteiger partial charge on any atom is -0.354 e. The average molecular weight is 384 g/mol. The van der Waals surface area contributed by atoms with Gasteiger partial charge in [0.2, 0.25) is 0 Å². The summed E-state index contributed by atoms with van der Waals surface area (Å²) in [7, 11) is 1.85. The molecule has 4 rings (SSSR count). The number of guanidine groups is 1. The van der Waals surface area contributed by atoms with Crippen molar-refractivity contribution in [2.75, 3.05) is 7.05 Å². The van der Waals surface area contributed by atoms with Crippen molar-refractivity contribution in [2.45, 2.75) is 63.8 Å². The van der Waals surface area contributed by atoms with Gasteiger partial charge >= 0.3 is 0 Å². The van der Waals surface area contributed by atoms with Crippen LogP contribution in [0.1, 0.15) is 41.1 Å². The summed E-state index contributed by atoms with van der Waals surface area (Å²) in [6.45, 7) is 3.91. The lowest BCUT2D eigenvalue weighted by molar-refractivity contribution is 0.114. The Kier molecular flexibility index (Phi) is 5.74. The molecule has 2 atom stereocenters. The molecule has 0 spiro atoms. The first kappa shape index (κ1) is 18.4. The molecule has 6 heteroatoms. The molecule has 0 amide bonds. The Bertz CT molecular complexity index is 758. The van der Waals surface area contributed by atoms with Crippen LogP contribution in [0.2, 0.25) is 0 Å². The van der Waals surface area contributed by atoms with Gasteiger partial charge in [-0.1, -0.05) is 30.3 Å². The number of piperidine rings is 1. The average Bonchev–Trinajstić information content (AvgIpc) is 3.19. The van der Waals surface area contributed by atoms with Gasteiger partial charge in [-0.25, -0.2) is 4.98 Å². The van der Waals surface area contributed by atoms with Gasteiger partial charge in [-0.2, -0.15) is 0 Å². The Morgan fingerprint density at radius 1 is 1.22 bits per heavy atom. The maximum Gasteiger partial charge on any atom is 0.191 e. The van der Waals surface area contributed by atoms with Crippen molar-refractivity contribution in [1.29, 1.82) is 0 Å². The van der Waals surface area contributed by atoms with Crippen molar-refractivity contribution in [3.05, 3.63) is 52.0 Å². The van der Waals surface area contributed by atoms with Crippen molar-refractivity contribution in [1.82, 2.24) is 20.5 Å². The maximum atomic E-state index is 4.42. The molecular formula is C21H29N5S. The highest BCUT2D eigenvalue weighted by Crippen LogP contribution is 2.36. The van der Waals surface area contributed by atoms with E-state index in [9.17, 15) is 0 Å². The molecule has 144 valence electrons. The van der Waals surface area contributed by atoms with Crippen LogP contribution in [0.3, 0.4) is 0 Å². The van der Waals surface area contributed by atoms with Gasteiger partial charge in [0.1, 0.15) is 5.01 Å². The zero-order chi connectivity index (χ0) is 18.6. The molecule has 2 bridgehead atoms. The van der Waals surface area contributed by atoms with Crippen LogP contribution in [0.5, 0.6) is 0 Å². The lowest BCUT2D eigenvalue weighted by atomic mass is 9.96. The fourth-order valence-electron chi connectivity index (χ4n) is 4.47. The lowest BCUT2D eigenvalue weighted by Gasteiger charge is -2.39. The van der Waals surface area contributed by atoms with Gasteiger partial charge in [0.05, 0.1) is 6.54 Å². The van der Waals surface area contributed by atoms with Gasteiger partial charge in [0, 0.05) is 42.8 Å². The lowest BCUT2D eigenvalue weighted by Crippen LogP contribution is -2.52. The predicted octanol–water partition coefficient (Wildman–Crippen LogP) is 3.31. The molecule has 3 heterocycles. The number of nitrogens with one attached hydrogen (secondary N) is 2. The predicted molar refractivity (Wildman–Crippen MR) is 112 cm³/mol. The highest BCUT2D eigenvalue weighted by atomic mass is 32.1. The van der Waals surface area contributed by atoms with Crippen molar-refractivity contribution in [3.63, 3.8) is 0 Å². The summed E-state index contributed by atoms with van der Waals surface area (Å²) in [4.78, 5) is 12.8. The Morgan fingerprint density at radius 2 is 1.96 bits per heavy atom. The summed E-state index contributed by atoms with van der Waals surface area (Å²) in [5.74, 6) is 0.892. The summed E-state index contributed by atoms with van der Waals surface area (Å²) in [6.07, 6.45) is 6.96. The van der Waals surface area contributed by atoms with Crippen LogP contribution in [0.25, 0.3) is 0 Å². The van der Waals surface area contributed by atoms with Gasteiger partial charge in [0.25, 0.3) is 0 Å². The number of hydrogen-bond donors (Lipinski definition) is 2. The van der Waals surface area contributed by atoms with Gasteiger partial charge < -0.3 is 10.6 Å². The van der Waals surface area contributed by atoms with E-state index in [0.29, 0.717) is 18.1 Å². The standard InChI is InChI=1S/C21H29N5S/c1-15-12-23-20(27-15)13-24-21(22-2)25-17-10-18-8-9-19(11-17)26(18)14-16-6-4-3-5-7-16/h3-7,12,17-19H,8-11,13-14H2,1-2H3,(H2,22,24,25). The summed E-state index contributed by atoms with van der Waals surface area (Å²) >= 11 is 1.74. The van der Waals surface area contributed by atoms with E-state index in [1.54, 1.807) is 11.3 Å². The molecule has 2 fully saturated rings. The topological polar surface area (TPSA) is 52.6 Å². The second-order valence-corrected chi connectivity index (χ2v) is 8.97. The van der Waals surface area contributed by atoms with E-state index < -0.39 is 0 Å². The van der Waals surface area contributed by atoms with Crippen LogP contribution in [-0.2, 0) is 13.1 Å². The fourth-order valence-corrected chi connectivity index (χ4v) is 5.20. The molecule has 27 heavy (non-hydrogen) atoms. The first-order chi connectivity index (χ1) is 13.2. The van der Waals surface area contributed by atoms with Gasteiger partial charge in [-0.3, -0.25) is 9.89 Å². The number of thiazole rings is 1. The minimum atomic E-state index is 0.499. The third kappa shape index (κ3) is 4.50. The molecule has 0 aliphatic carbocycles. The molecule has 2 aliphatic rings. The van der Waals surface area contributed by atoms with Crippen LogP contribution in [-0.4, -0.2) is 41.0 Å². The first-order valence-electron chi connectivity index (χ1n) is 9.89. The number of aliphatic imine (C=N–C) groups is 1. The van der Waals surface area contributed by atoms with E-state index >= 15 is 0 Å². The Morgan fingerprint density at radius 3 is 2.59 bits per heavy atom. The van der Waals surface area contributed by atoms with E-state index in [4.69, 9.17) is 0 Å². The third-order valence-electron chi connectivity index (χ3n) is 5.73. The number of rotatable bonds is 5. The molecule has 2 aromatic rings. The summed E-state index contributed by atoms with van der Waals surface area (Å²) in [5, 5.41) is 8.18. The summed E-state index contributed by atoms with van der Waals surface area (Å²) < 4.78 is 0. The van der Waals surface area contributed by atoms with E-state index in [1.165, 1.54) is 36.1 Å². The Balaban J connectivity index is 1.31. The minimum absolute atomic E-state index is 0.499. The second-order valence-electron chi connectivity index (χ2n) is 7.65. The molecule has 2 unspecified atom stereocenters. The summed E-state index contributed by atoms with van der Waals surface area (Å²) in [6, 6.07) is 12.7. The molecule has 0 saturated carbocycles. The monoisotopic (exact) mass is 383 g/mol. The van der Waals surface area contributed by atoms with Crippen LogP contribution < -0.4 is 10.6 Å². The number of aromatic nitrogens is 1. The highest BCUT2D eigenvalue weighted by molar-refractivity contribution is 7.11. The number of nitrogens with zero attached hydrogens (tertiary/aromatic N) is 3. The van der Waals surface area contributed by atoms with Gasteiger partial charge in [-0.05, 0) is 38.2 Å². The van der Waals surface area contributed by atoms with E-state index in [1.807, 2.05) is 13.2 Å². The second kappa shape index (κ2) is 8.40. The molecule has 5 nitrogen and oxygen atoms in total. The van der Waals surface area contributed by atoms with Crippen molar-refractivity contribution < 1.29 is 0 Å². The smallest absolute Gasteiger partial charge is 0.191 e. The Hall–Kier alpha value is -1.92. The normalized spacial score (nSPS) is 25.6. The molecule has 0 radical (unpaired) electrons. The zero-order valence-electron chi connectivity index (χ0n) is 16.2. The van der Waals surface area contributed by atoms with E-state index in [2.05, 4.69) is 62.8 Å². The number of hydrogen-bond acceptors (Lipinski definition) is 4. The Labute approximate surface area is 165 Å². The summed E-state index contributed by atoms with van der Waals surface area (Å²) in [5.41, 5.74) is 1.43. The van der Waals surface area contributed by atoms with Crippen LogP contribution in [0.4, 0.5) is 0 Å². The van der Waals surface area contributed by atoms with E-state index in [0.717, 1.165) is 24.1 Å². The van der Waals surface area contributed by atoms with Gasteiger partial charge in [-0.15, -0.1) is 11.3 Å². The zero-order valence-corrected chi connectivity index (χ0v) is 17.0. The van der Waals surface area contributed by atoms with Crippen LogP contribution in [0, 0.1) is 6.92 Å². The van der Waals surface area contributed by atoms with Gasteiger partial charge in [0.15, 0.2) is 5.96 Å². The van der Waals surface area contributed by atoms with Crippen LogP contribution >= 0.6 is 11.3 Å². The third-order valence-corrected chi connectivity index (χ3v) is 6.65. The number of benzene rings is 1. The molecule has 2 saturated heterocycles. The molecule has 1 aromatic heterocycles. The largest absolute Gasteiger partial charge is 0.354 e. The van der Waals surface area contributed by atoms with Crippen LogP contribution in [0.15, 0.2) is 41.5 Å². The SMILES string of the molecule is CN=C(NCc1ncc(C)s1)NC1CC2CCC(C1)N2Cc1ccccc1. The quantitative estimate of drug-likeness (QED) is 0.614. The number of fused-ring (bicyclic) bond motifs is 2. The van der Waals surface area contributed by atoms with E-state index in [-0.39, 0.29) is 0 Å². The molecule has 2 aliphatic heterocycles. The molecular weight excluding hydrogens is 354 g/mol. The highest BCUT2D eigenvalue weighted by Gasteiger charge is 2.40. The first-order valence-corrected chi connectivity index (χ1v) is 10.7.